The van der Waals surface area contributed by atoms with Gasteiger partial charge < -0.3 is 5.11 Å². The van der Waals surface area contributed by atoms with E-state index in [1.54, 1.807) is 11.8 Å². The summed E-state index contributed by atoms with van der Waals surface area (Å²) in [6.45, 7) is 0.378. The van der Waals surface area contributed by atoms with Crippen molar-refractivity contribution in [2.75, 3.05) is 6.61 Å². The second kappa shape index (κ2) is 2.99. The zero-order chi connectivity index (χ0) is 8.55. The summed E-state index contributed by atoms with van der Waals surface area (Å²) < 4.78 is 1.48. The highest BCUT2D eigenvalue weighted by atomic mass is 32.2. The quantitative estimate of drug-likeness (QED) is 0.679. The number of rotatable bonds is 2. The van der Waals surface area contributed by atoms with Gasteiger partial charge in [0.05, 0.1) is 24.4 Å². The topological polar surface area (TPSA) is 58.0 Å². The average Bonchev–Trinajstić information content (AvgIpc) is 2.58. The Kier molecular flexibility index (Phi) is 1.98. The summed E-state index contributed by atoms with van der Waals surface area (Å²) in [6.07, 6.45) is 0. The summed E-state index contributed by atoms with van der Waals surface area (Å²) >= 11 is 1.74. The Bertz CT molecular complexity index is 342. The van der Waals surface area contributed by atoms with Crippen molar-refractivity contribution in [1.82, 2.24) is 9.78 Å². The molecule has 1 aromatic heterocycles. The number of nitrogens with one attached hydrogen (secondary N) is 1. The van der Waals surface area contributed by atoms with Crippen molar-refractivity contribution < 1.29 is 5.11 Å². The zero-order valence-corrected chi connectivity index (χ0v) is 7.36. The first-order valence-electron chi connectivity index (χ1n) is 3.82. The number of H-pyrrole nitrogens is 1. The van der Waals surface area contributed by atoms with Gasteiger partial charge in [-0.1, -0.05) is 0 Å². The lowest BCUT2D eigenvalue weighted by atomic mass is 10.3. The SMILES string of the molecule is O=c1c2c([nH]n1CCO)CSC2. The van der Waals surface area contributed by atoms with Gasteiger partial charge in [0.1, 0.15) is 0 Å². The summed E-state index contributed by atoms with van der Waals surface area (Å²) in [7, 11) is 0. The van der Waals surface area contributed by atoms with E-state index in [2.05, 4.69) is 5.10 Å². The summed E-state index contributed by atoms with van der Waals surface area (Å²) in [5.74, 6) is 1.70. The number of nitrogens with zero attached hydrogens (tertiary/aromatic N) is 1. The van der Waals surface area contributed by atoms with Crippen LogP contribution < -0.4 is 5.56 Å². The van der Waals surface area contributed by atoms with Crippen LogP contribution >= 0.6 is 11.8 Å². The van der Waals surface area contributed by atoms with Crippen LogP contribution in [0.4, 0.5) is 0 Å². The van der Waals surface area contributed by atoms with Crippen molar-refractivity contribution in [1.29, 1.82) is 0 Å². The number of hydrogen-bond donors (Lipinski definition) is 2. The van der Waals surface area contributed by atoms with Gasteiger partial charge in [-0.2, -0.15) is 11.8 Å². The maximum absolute atomic E-state index is 11.5. The van der Waals surface area contributed by atoms with E-state index in [4.69, 9.17) is 5.11 Å². The molecule has 0 amide bonds. The van der Waals surface area contributed by atoms with E-state index >= 15 is 0 Å². The first kappa shape index (κ1) is 7.94. The van der Waals surface area contributed by atoms with E-state index in [-0.39, 0.29) is 12.2 Å². The first-order chi connectivity index (χ1) is 5.83. The maximum Gasteiger partial charge on any atom is 0.270 e. The van der Waals surface area contributed by atoms with E-state index in [0.29, 0.717) is 6.54 Å². The number of aromatic nitrogens is 2. The van der Waals surface area contributed by atoms with Crippen molar-refractivity contribution >= 4 is 11.8 Å². The van der Waals surface area contributed by atoms with Crippen LogP contribution in [0.5, 0.6) is 0 Å². The lowest BCUT2D eigenvalue weighted by molar-refractivity contribution is 0.267. The number of fused-ring (bicyclic) bond motifs is 1. The molecular formula is C7H10N2O2S. The largest absolute Gasteiger partial charge is 0.394 e. The first-order valence-corrected chi connectivity index (χ1v) is 4.97. The summed E-state index contributed by atoms with van der Waals surface area (Å²) in [5, 5.41) is 11.6. The molecule has 0 saturated heterocycles. The highest BCUT2D eigenvalue weighted by molar-refractivity contribution is 7.98. The van der Waals surface area contributed by atoms with Crippen molar-refractivity contribution in [3.8, 4) is 0 Å². The summed E-state index contributed by atoms with van der Waals surface area (Å²) in [4.78, 5) is 11.5. The number of aliphatic hydroxyl groups is 1. The molecule has 2 heterocycles. The molecule has 1 aromatic rings. The fourth-order valence-electron chi connectivity index (χ4n) is 1.35. The lowest BCUT2D eigenvalue weighted by Crippen LogP contribution is -2.20. The van der Waals surface area contributed by atoms with E-state index in [1.807, 2.05) is 0 Å². The predicted octanol–water partition coefficient (Wildman–Crippen LogP) is -0.0845. The monoisotopic (exact) mass is 186 g/mol. The highest BCUT2D eigenvalue weighted by Gasteiger charge is 2.18. The van der Waals surface area contributed by atoms with Crippen molar-refractivity contribution in [3.05, 3.63) is 21.6 Å². The van der Waals surface area contributed by atoms with Gasteiger partial charge in [0.25, 0.3) is 5.56 Å². The molecule has 0 atom stereocenters. The van der Waals surface area contributed by atoms with Crippen molar-refractivity contribution in [3.63, 3.8) is 0 Å². The van der Waals surface area contributed by atoms with E-state index < -0.39 is 0 Å². The third kappa shape index (κ3) is 1.09. The van der Waals surface area contributed by atoms with Gasteiger partial charge in [0.2, 0.25) is 0 Å². The van der Waals surface area contributed by atoms with Gasteiger partial charge >= 0.3 is 0 Å². The molecule has 0 fully saturated rings. The average molecular weight is 186 g/mol. The van der Waals surface area contributed by atoms with Crippen LogP contribution in [0, 0.1) is 0 Å². The third-order valence-corrected chi connectivity index (χ3v) is 2.94. The molecule has 1 aliphatic rings. The minimum atomic E-state index is 0.00639. The van der Waals surface area contributed by atoms with Gasteiger partial charge in [0.15, 0.2) is 0 Å². The Balaban J connectivity index is 2.41. The normalized spacial score (nSPS) is 15.1. The summed E-state index contributed by atoms with van der Waals surface area (Å²) in [6, 6.07) is 0. The molecule has 2 N–H and O–H groups in total. The van der Waals surface area contributed by atoms with Crippen LogP contribution in [-0.2, 0) is 18.1 Å². The standard InChI is InChI=1S/C7H10N2O2S/c10-2-1-9-7(11)5-3-12-4-6(5)8-9/h8,10H,1-4H2. The van der Waals surface area contributed by atoms with Crippen LogP contribution in [-0.4, -0.2) is 21.5 Å². The van der Waals surface area contributed by atoms with Crippen LogP contribution in [0.25, 0.3) is 0 Å². The van der Waals surface area contributed by atoms with E-state index in [0.717, 1.165) is 22.8 Å². The Hall–Kier alpha value is -0.680. The smallest absolute Gasteiger partial charge is 0.270 e. The molecular weight excluding hydrogens is 176 g/mol. The molecule has 0 spiro atoms. The van der Waals surface area contributed by atoms with Crippen LogP contribution in [0.15, 0.2) is 4.79 Å². The number of hydrogen-bond acceptors (Lipinski definition) is 3. The molecule has 2 rings (SSSR count). The third-order valence-electron chi connectivity index (χ3n) is 1.95. The molecule has 4 nitrogen and oxygen atoms in total. The molecule has 12 heavy (non-hydrogen) atoms. The van der Waals surface area contributed by atoms with Crippen LogP contribution in [0.1, 0.15) is 11.3 Å². The Morgan fingerprint density at radius 2 is 2.42 bits per heavy atom. The highest BCUT2D eigenvalue weighted by Crippen LogP contribution is 2.25. The Morgan fingerprint density at radius 1 is 1.58 bits per heavy atom. The van der Waals surface area contributed by atoms with Gasteiger partial charge in [-0.3, -0.25) is 14.6 Å². The maximum atomic E-state index is 11.5. The molecule has 0 radical (unpaired) electrons. The molecule has 0 saturated carbocycles. The second-order valence-corrected chi connectivity index (χ2v) is 3.73. The summed E-state index contributed by atoms with van der Waals surface area (Å²) in [5.41, 5.74) is 1.94. The molecule has 66 valence electrons. The number of aliphatic hydroxyl groups excluding tert-OH is 1. The Labute approximate surface area is 73.6 Å². The van der Waals surface area contributed by atoms with Gasteiger partial charge in [-0.25, -0.2) is 0 Å². The van der Waals surface area contributed by atoms with Gasteiger partial charge in [0, 0.05) is 11.5 Å². The lowest BCUT2D eigenvalue weighted by Gasteiger charge is -1.97. The molecule has 0 aliphatic carbocycles. The second-order valence-electron chi connectivity index (χ2n) is 2.74. The Morgan fingerprint density at radius 3 is 3.08 bits per heavy atom. The van der Waals surface area contributed by atoms with Crippen LogP contribution in [0.3, 0.4) is 0 Å². The molecule has 5 heteroatoms. The predicted molar refractivity (Wildman–Crippen MR) is 47.1 cm³/mol. The fourth-order valence-corrected chi connectivity index (χ4v) is 2.40. The number of thioether (sulfide) groups is 1. The molecule has 0 aromatic carbocycles. The molecule has 0 unspecified atom stereocenters. The van der Waals surface area contributed by atoms with Gasteiger partial charge in [-0.15, -0.1) is 0 Å². The van der Waals surface area contributed by atoms with E-state index in [9.17, 15) is 4.79 Å². The number of aromatic amines is 1. The zero-order valence-electron chi connectivity index (χ0n) is 6.54. The van der Waals surface area contributed by atoms with E-state index in [1.165, 1.54) is 4.68 Å². The van der Waals surface area contributed by atoms with Crippen molar-refractivity contribution in [2.24, 2.45) is 0 Å². The molecule has 1 aliphatic heterocycles. The van der Waals surface area contributed by atoms with Crippen molar-refractivity contribution in [2.45, 2.75) is 18.1 Å². The fraction of sp³-hybridized carbons (Fsp3) is 0.571. The minimum Gasteiger partial charge on any atom is -0.394 e. The van der Waals surface area contributed by atoms with Crippen LogP contribution in [0.2, 0.25) is 0 Å². The van der Waals surface area contributed by atoms with Gasteiger partial charge in [-0.05, 0) is 0 Å². The minimum absolute atomic E-state index is 0.00639. The molecule has 0 bridgehead atoms.